The number of carbonyl (C=O) groups is 1. The minimum atomic E-state index is -0.535. The van der Waals surface area contributed by atoms with Gasteiger partial charge in [0.2, 0.25) is 0 Å². The third kappa shape index (κ3) is 6.31. The Kier molecular flexibility index (Phi) is 7.99. The molecule has 7 nitrogen and oxygen atoms in total. The van der Waals surface area contributed by atoms with Gasteiger partial charge in [0.25, 0.3) is 0 Å². The van der Waals surface area contributed by atoms with Crippen molar-refractivity contribution in [2.45, 2.75) is 48.6 Å². The fourth-order valence-corrected chi connectivity index (χ4v) is 4.18. The molecule has 1 aromatic heterocycles. The second-order valence-corrected chi connectivity index (χ2v) is 9.05. The number of benzene rings is 1. The molecule has 0 aliphatic rings. The first-order chi connectivity index (χ1) is 14.2. The second-order valence-electron chi connectivity index (χ2n) is 7.27. The van der Waals surface area contributed by atoms with Gasteiger partial charge in [0, 0.05) is 17.2 Å². The molecule has 0 atom stereocenters. The van der Waals surface area contributed by atoms with Crippen LogP contribution in [-0.2, 0) is 17.0 Å². The lowest BCUT2D eigenvalue weighted by Crippen LogP contribution is -2.32. The quantitative estimate of drug-likeness (QED) is 0.630. The van der Waals surface area contributed by atoms with Gasteiger partial charge >= 0.3 is 6.09 Å². The third-order valence-electron chi connectivity index (χ3n) is 3.81. The predicted molar refractivity (Wildman–Crippen MR) is 119 cm³/mol. The van der Waals surface area contributed by atoms with E-state index in [0.29, 0.717) is 27.8 Å². The standard InChI is InChI=1S/C21H23N5O2S2/c1-21(2,3)28-20(27)25-11-13-5-7-14(8-6-13)12-30-19-16(10-23)17(29-4)15(9-22)18(24)26-19/h5-8H,11-12H2,1-4H3,(H2,24,26)(H,25,27). The van der Waals surface area contributed by atoms with Crippen LogP contribution in [0.4, 0.5) is 10.6 Å². The van der Waals surface area contributed by atoms with Crippen LogP contribution in [0.25, 0.3) is 0 Å². The number of pyridine rings is 1. The van der Waals surface area contributed by atoms with Gasteiger partial charge in [-0.05, 0) is 38.2 Å². The van der Waals surface area contributed by atoms with Crippen molar-refractivity contribution in [3.05, 3.63) is 46.5 Å². The monoisotopic (exact) mass is 441 g/mol. The summed E-state index contributed by atoms with van der Waals surface area (Å²) in [5, 5.41) is 22.0. The zero-order valence-electron chi connectivity index (χ0n) is 17.3. The average Bonchev–Trinajstić information content (AvgIpc) is 2.69. The van der Waals surface area contributed by atoms with Crippen LogP contribution < -0.4 is 11.1 Å². The summed E-state index contributed by atoms with van der Waals surface area (Å²) in [5.41, 5.74) is 7.95. The van der Waals surface area contributed by atoms with Gasteiger partial charge in [0.15, 0.2) is 0 Å². The van der Waals surface area contributed by atoms with Crippen molar-refractivity contribution in [1.29, 1.82) is 10.5 Å². The van der Waals surface area contributed by atoms with E-state index in [9.17, 15) is 15.3 Å². The van der Waals surface area contributed by atoms with E-state index in [4.69, 9.17) is 10.5 Å². The molecule has 1 aromatic carbocycles. The van der Waals surface area contributed by atoms with Gasteiger partial charge in [-0.1, -0.05) is 24.3 Å². The van der Waals surface area contributed by atoms with Crippen molar-refractivity contribution in [2.75, 3.05) is 12.0 Å². The highest BCUT2D eigenvalue weighted by Crippen LogP contribution is 2.35. The van der Waals surface area contributed by atoms with E-state index in [2.05, 4.69) is 16.4 Å². The largest absolute Gasteiger partial charge is 0.444 e. The van der Waals surface area contributed by atoms with E-state index < -0.39 is 11.7 Å². The lowest BCUT2D eigenvalue weighted by atomic mass is 10.1. The first kappa shape index (κ1) is 23.4. The molecule has 0 saturated carbocycles. The van der Waals surface area contributed by atoms with Crippen LogP contribution in [0.5, 0.6) is 0 Å². The van der Waals surface area contributed by atoms with E-state index in [1.807, 2.05) is 51.1 Å². The number of nitrogens with one attached hydrogen (secondary N) is 1. The highest BCUT2D eigenvalue weighted by atomic mass is 32.2. The van der Waals surface area contributed by atoms with Crippen molar-refractivity contribution >= 4 is 35.4 Å². The van der Waals surface area contributed by atoms with Crippen LogP contribution in [0, 0.1) is 22.7 Å². The van der Waals surface area contributed by atoms with Crippen LogP contribution in [0.2, 0.25) is 0 Å². The van der Waals surface area contributed by atoms with Gasteiger partial charge in [-0.25, -0.2) is 9.78 Å². The number of nitrogen functional groups attached to an aromatic ring is 1. The number of alkyl carbamates (subject to hydrolysis) is 1. The van der Waals surface area contributed by atoms with Gasteiger partial charge in [-0.3, -0.25) is 0 Å². The van der Waals surface area contributed by atoms with E-state index in [-0.39, 0.29) is 11.4 Å². The Morgan fingerprint density at radius 2 is 1.77 bits per heavy atom. The van der Waals surface area contributed by atoms with Gasteiger partial charge in [0.05, 0.1) is 5.56 Å². The molecule has 0 spiro atoms. The third-order valence-corrected chi connectivity index (χ3v) is 5.67. The molecule has 30 heavy (non-hydrogen) atoms. The number of amides is 1. The van der Waals surface area contributed by atoms with Crippen molar-refractivity contribution in [1.82, 2.24) is 10.3 Å². The number of nitrogens with two attached hydrogens (primary N) is 1. The SMILES string of the molecule is CSc1c(C#N)c(N)nc(SCc2ccc(CNC(=O)OC(C)(C)C)cc2)c1C#N. The molecular formula is C21H23N5O2S2. The Bertz CT molecular complexity index is 1000. The molecule has 0 fully saturated rings. The first-order valence-electron chi connectivity index (χ1n) is 9.03. The lowest BCUT2D eigenvalue weighted by Gasteiger charge is -2.19. The Morgan fingerprint density at radius 3 is 2.30 bits per heavy atom. The molecule has 156 valence electrons. The molecule has 0 aliphatic heterocycles. The zero-order valence-corrected chi connectivity index (χ0v) is 18.9. The molecule has 2 rings (SSSR count). The van der Waals surface area contributed by atoms with Gasteiger partial charge in [-0.15, -0.1) is 23.5 Å². The number of carbonyl (C=O) groups excluding carboxylic acids is 1. The van der Waals surface area contributed by atoms with Gasteiger partial charge in [0.1, 0.15) is 34.1 Å². The summed E-state index contributed by atoms with van der Waals surface area (Å²) in [6, 6.07) is 11.9. The number of hydrogen-bond acceptors (Lipinski definition) is 8. The average molecular weight is 442 g/mol. The number of nitrogens with zero attached hydrogens (tertiary/aromatic N) is 3. The molecular weight excluding hydrogens is 418 g/mol. The Balaban J connectivity index is 2.04. The van der Waals surface area contributed by atoms with Crippen molar-refractivity contribution in [2.24, 2.45) is 0 Å². The number of hydrogen-bond donors (Lipinski definition) is 2. The van der Waals surface area contributed by atoms with Crippen LogP contribution in [0.15, 0.2) is 34.2 Å². The Morgan fingerprint density at radius 1 is 1.17 bits per heavy atom. The van der Waals surface area contributed by atoms with Crippen molar-refractivity contribution in [3.8, 4) is 12.1 Å². The normalized spacial score (nSPS) is 10.7. The minimum absolute atomic E-state index is 0.131. The maximum atomic E-state index is 11.7. The maximum absolute atomic E-state index is 11.7. The smallest absolute Gasteiger partial charge is 0.407 e. The molecule has 2 aromatic rings. The van der Waals surface area contributed by atoms with Crippen LogP contribution in [-0.4, -0.2) is 22.9 Å². The number of nitriles is 2. The Hall–Kier alpha value is -2.88. The lowest BCUT2D eigenvalue weighted by molar-refractivity contribution is 0.0523. The summed E-state index contributed by atoms with van der Waals surface area (Å²) in [6.07, 6.45) is 1.34. The van der Waals surface area contributed by atoms with Gasteiger partial charge < -0.3 is 15.8 Å². The number of thioether (sulfide) groups is 2. The fraction of sp³-hybridized carbons (Fsp3) is 0.333. The van der Waals surface area contributed by atoms with E-state index in [1.165, 1.54) is 23.5 Å². The van der Waals surface area contributed by atoms with Crippen LogP contribution in [0.1, 0.15) is 43.0 Å². The number of aromatic nitrogens is 1. The Labute approximate surface area is 185 Å². The summed E-state index contributed by atoms with van der Waals surface area (Å²) < 4.78 is 5.22. The van der Waals surface area contributed by atoms with Crippen LogP contribution >= 0.6 is 23.5 Å². The van der Waals surface area contributed by atoms with Crippen molar-refractivity contribution < 1.29 is 9.53 Å². The molecule has 0 radical (unpaired) electrons. The molecule has 9 heteroatoms. The molecule has 0 aliphatic carbocycles. The van der Waals surface area contributed by atoms with E-state index in [1.54, 1.807) is 6.26 Å². The summed E-state index contributed by atoms with van der Waals surface area (Å²) in [4.78, 5) is 16.6. The number of rotatable bonds is 6. The zero-order chi connectivity index (χ0) is 22.3. The molecule has 0 bridgehead atoms. The fourth-order valence-electron chi connectivity index (χ4n) is 2.47. The predicted octanol–water partition coefficient (Wildman–Crippen LogP) is 4.45. The van der Waals surface area contributed by atoms with Crippen molar-refractivity contribution in [3.63, 3.8) is 0 Å². The highest BCUT2D eigenvalue weighted by Gasteiger charge is 2.18. The number of ether oxygens (including phenoxy) is 1. The number of anilines is 1. The van der Waals surface area contributed by atoms with E-state index >= 15 is 0 Å². The van der Waals surface area contributed by atoms with E-state index in [0.717, 1.165) is 11.1 Å². The van der Waals surface area contributed by atoms with Gasteiger partial charge in [-0.2, -0.15) is 10.5 Å². The molecule has 0 saturated heterocycles. The highest BCUT2D eigenvalue weighted by molar-refractivity contribution is 7.99. The summed E-state index contributed by atoms with van der Waals surface area (Å²) >= 11 is 2.70. The topological polar surface area (TPSA) is 125 Å². The molecule has 3 N–H and O–H groups in total. The molecule has 1 heterocycles. The van der Waals surface area contributed by atoms with Crippen LogP contribution in [0.3, 0.4) is 0 Å². The maximum Gasteiger partial charge on any atom is 0.407 e. The summed E-state index contributed by atoms with van der Waals surface area (Å²) in [7, 11) is 0. The summed E-state index contributed by atoms with van der Waals surface area (Å²) in [5.74, 6) is 0.715. The molecule has 0 unspecified atom stereocenters. The minimum Gasteiger partial charge on any atom is -0.444 e. The first-order valence-corrected chi connectivity index (χ1v) is 11.2. The second kappa shape index (κ2) is 10.2. The molecule has 1 amide bonds. The summed E-state index contributed by atoms with van der Waals surface area (Å²) in [6.45, 7) is 5.81.